The first-order chi connectivity index (χ1) is 11.5. The third kappa shape index (κ3) is 3.57. The summed E-state index contributed by atoms with van der Waals surface area (Å²) in [7, 11) is 0. The smallest absolute Gasteiger partial charge is 0.238 e. The molecule has 2 aromatic rings. The Hall–Kier alpha value is -2.39. The molecule has 0 spiro atoms. The molecule has 9 heteroatoms. The Morgan fingerprint density at radius 3 is 3.04 bits per heavy atom. The van der Waals surface area contributed by atoms with Crippen molar-refractivity contribution < 1.29 is 9.18 Å². The number of nitrogens with zero attached hydrogens (tertiary/aromatic N) is 5. The zero-order valence-corrected chi connectivity index (χ0v) is 13.7. The highest BCUT2D eigenvalue weighted by Gasteiger charge is 2.21. The molecule has 0 bridgehead atoms. The summed E-state index contributed by atoms with van der Waals surface area (Å²) in [5.74, 6) is -0.159. The number of amides is 1. The van der Waals surface area contributed by atoms with Crippen LogP contribution in [0.25, 0.3) is 5.69 Å². The van der Waals surface area contributed by atoms with Crippen molar-refractivity contribution in [3.05, 3.63) is 29.8 Å². The fraction of sp³-hybridized carbons (Fsp3) is 0.467. The molecule has 1 saturated heterocycles. The second-order valence-electron chi connectivity index (χ2n) is 5.87. The zero-order chi connectivity index (χ0) is 17.1. The first-order valence-corrected chi connectivity index (χ1v) is 7.84. The molecule has 1 aromatic carbocycles. The summed E-state index contributed by atoms with van der Waals surface area (Å²) in [5.41, 5.74) is 0.708. The van der Waals surface area contributed by atoms with Crippen molar-refractivity contribution in [3.63, 3.8) is 0 Å². The first-order valence-electron chi connectivity index (χ1n) is 7.84. The third-order valence-corrected chi connectivity index (χ3v) is 4.08. The summed E-state index contributed by atoms with van der Waals surface area (Å²) in [4.78, 5) is 14.3. The summed E-state index contributed by atoms with van der Waals surface area (Å²) in [5, 5.41) is 17.1. The molecule has 0 radical (unpaired) electrons. The lowest BCUT2D eigenvalue weighted by Gasteiger charge is -2.33. The van der Waals surface area contributed by atoms with Crippen LogP contribution < -0.4 is 10.6 Å². The molecule has 0 unspecified atom stereocenters. The summed E-state index contributed by atoms with van der Waals surface area (Å²) in [6.07, 6.45) is 0. The Morgan fingerprint density at radius 2 is 2.33 bits per heavy atom. The van der Waals surface area contributed by atoms with Crippen molar-refractivity contribution >= 4 is 11.6 Å². The fourth-order valence-corrected chi connectivity index (χ4v) is 2.70. The van der Waals surface area contributed by atoms with E-state index >= 15 is 0 Å². The summed E-state index contributed by atoms with van der Waals surface area (Å²) < 4.78 is 15.5. The minimum atomic E-state index is -0.494. The van der Waals surface area contributed by atoms with Crippen LogP contribution in [0.3, 0.4) is 0 Å². The number of piperazine rings is 1. The van der Waals surface area contributed by atoms with E-state index in [1.807, 2.05) is 0 Å². The number of aromatic nitrogens is 4. The number of hydrogen-bond donors (Lipinski definition) is 2. The quantitative estimate of drug-likeness (QED) is 0.839. The van der Waals surface area contributed by atoms with Gasteiger partial charge in [-0.3, -0.25) is 9.69 Å². The number of tetrazole rings is 1. The number of carbonyl (C=O) groups is 1. The summed E-state index contributed by atoms with van der Waals surface area (Å²) >= 11 is 0. The predicted octanol–water partition coefficient (Wildman–Crippen LogP) is 0.342. The molecule has 128 valence electrons. The highest BCUT2D eigenvalue weighted by molar-refractivity contribution is 5.92. The molecule has 1 fully saturated rings. The Balaban J connectivity index is 1.72. The zero-order valence-electron chi connectivity index (χ0n) is 13.7. The number of rotatable bonds is 4. The van der Waals surface area contributed by atoms with Gasteiger partial charge in [-0.2, -0.15) is 4.68 Å². The van der Waals surface area contributed by atoms with Crippen LogP contribution in [0, 0.1) is 12.7 Å². The van der Waals surface area contributed by atoms with Crippen molar-refractivity contribution in [2.75, 3.05) is 31.5 Å². The van der Waals surface area contributed by atoms with Crippen LogP contribution in [0.15, 0.2) is 18.2 Å². The van der Waals surface area contributed by atoms with E-state index < -0.39 is 5.82 Å². The van der Waals surface area contributed by atoms with Crippen molar-refractivity contribution in [3.8, 4) is 5.69 Å². The third-order valence-electron chi connectivity index (χ3n) is 4.08. The number of benzene rings is 1. The van der Waals surface area contributed by atoms with Crippen molar-refractivity contribution in [2.24, 2.45) is 0 Å². The van der Waals surface area contributed by atoms with Crippen LogP contribution in [0.5, 0.6) is 0 Å². The minimum absolute atomic E-state index is 0.121. The van der Waals surface area contributed by atoms with Crippen molar-refractivity contribution in [1.82, 2.24) is 30.4 Å². The van der Waals surface area contributed by atoms with E-state index in [9.17, 15) is 9.18 Å². The fourth-order valence-electron chi connectivity index (χ4n) is 2.70. The number of carbonyl (C=O) groups excluding carboxylic acids is 1. The molecule has 0 saturated carbocycles. The SMILES string of the molecule is Cc1nnnn1-c1ccc(F)c(NC(=O)CN2CCNC[C@H]2C)c1. The molecule has 1 atom stereocenters. The molecule has 3 rings (SSSR count). The van der Waals surface area contributed by atoms with E-state index in [0.29, 0.717) is 11.5 Å². The molecule has 2 heterocycles. The highest BCUT2D eigenvalue weighted by Crippen LogP contribution is 2.19. The van der Waals surface area contributed by atoms with Gasteiger partial charge in [-0.15, -0.1) is 5.10 Å². The average molecular weight is 333 g/mol. The van der Waals surface area contributed by atoms with Gasteiger partial charge in [0.2, 0.25) is 5.91 Å². The van der Waals surface area contributed by atoms with Crippen LogP contribution in [-0.2, 0) is 4.79 Å². The molecule has 1 aliphatic rings. The Labute approximate surface area is 139 Å². The van der Waals surface area contributed by atoms with Crippen molar-refractivity contribution in [2.45, 2.75) is 19.9 Å². The Bertz CT molecular complexity index is 732. The molecular weight excluding hydrogens is 313 g/mol. The molecule has 2 N–H and O–H groups in total. The molecule has 8 nitrogen and oxygen atoms in total. The van der Waals surface area contributed by atoms with Gasteiger partial charge in [-0.1, -0.05) is 0 Å². The lowest BCUT2D eigenvalue weighted by Crippen LogP contribution is -2.52. The Kier molecular flexibility index (Phi) is 4.81. The van der Waals surface area contributed by atoms with Gasteiger partial charge in [0.1, 0.15) is 5.82 Å². The standard InChI is InChI=1S/C15H20FN7O/c1-10-8-17-5-6-22(10)9-15(24)18-14-7-12(3-4-13(14)16)23-11(2)19-20-21-23/h3-4,7,10,17H,5-6,8-9H2,1-2H3,(H,18,24)/t10-/m1/s1. The number of aryl methyl sites for hydroxylation is 1. The normalized spacial score (nSPS) is 18.5. The average Bonchev–Trinajstić information content (AvgIpc) is 2.98. The van der Waals surface area contributed by atoms with Gasteiger partial charge in [0, 0.05) is 25.7 Å². The first kappa shape index (κ1) is 16.5. The molecule has 0 aliphatic carbocycles. The maximum atomic E-state index is 14.0. The van der Waals surface area contributed by atoms with E-state index in [-0.39, 0.29) is 24.2 Å². The summed E-state index contributed by atoms with van der Waals surface area (Å²) in [6.45, 7) is 6.52. The number of nitrogens with one attached hydrogen (secondary N) is 2. The van der Waals surface area contributed by atoms with Gasteiger partial charge < -0.3 is 10.6 Å². The lowest BCUT2D eigenvalue weighted by atomic mass is 10.2. The van der Waals surface area contributed by atoms with Gasteiger partial charge in [-0.25, -0.2) is 4.39 Å². The van der Waals surface area contributed by atoms with E-state index in [1.54, 1.807) is 13.0 Å². The van der Waals surface area contributed by atoms with Gasteiger partial charge in [0.25, 0.3) is 0 Å². The van der Waals surface area contributed by atoms with E-state index in [0.717, 1.165) is 19.6 Å². The second kappa shape index (κ2) is 7.02. The van der Waals surface area contributed by atoms with Gasteiger partial charge in [0.05, 0.1) is 17.9 Å². The van der Waals surface area contributed by atoms with Gasteiger partial charge in [-0.05, 0) is 42.5 Å². The molecule has 1 aromatic heterocycles. The van der Waals surface area contributed by atoms with Crippen LogP contribution in [-0.4, -0.2) is 63.2 Å². The minimum Gasteiger partial charge on any atom is -0.322 e. The molecule has 1 amide bonds. The molecule has 24 heavy (non-hydrogen) atoms. The van der Waals surface area contributed by atoms with Crippen LogP contribution in [0.2, 0.25) is 0 Å². The summed E-state index contributed by atoms with van der Waals surface area (Å²) in [6, 6.07) is 4.65. The second-order valence-corrected chi connectivity index (χ2v) is 5.87. The van der Waals surface area contributed by atoms with Crippen LogP contribution >= 0.6 is 0 Å². The number of hydrogen-bond acceptors (Lipinski definition) is 6. The van der Waals surface area contributed by atoms with E-state index in [2.05, 4.69) is 38.0 Å². The maximum Gasteiger partial charge on any atom is 0.238 e. The van der Waals surface area contributed by atoms with Crippen molar-refractivity contribution in [1.29, 1.82) is 0 Å². The van der Waals surface area contributed by atoms with Crippen LogP contribution in [0.4, 0.5) is 10.1 Å². The van der Waals surface area contributed by atoms with E-state index in [4.69, 9.17) is 0 Å². The molecule has 1 aliphatic heterocycles. The van der Waals surface area contributed by atoms with E-state index in [1.165, 1.54) is 16.8 Å². The maximum absolute atomic E-state index is 14.0. The largest absolute Gasteiger partial charge is 0.322 e. The molecular formula is C15H20FN7O. The highest BCUT2D eigenvalue weighted by atomic mass is 19.1. The monoisotopic (exact) mass is 333 g/mol. The number of anilines is 1. The van der Waals surface area contributed by atoms with Gasteiger partial charge in [0.15, 0.2) is 5.82 Å². The number of halogens is 1. The van der Waals surface area contributed by atoms with Crippen LogP contribution in [0.1, 0.15) is 12.7 Å². The van der Waals surface area contributed by atoms with Gasteiger partial charge >= 0.3 is 0 Å². The lowest BCUT2D eigenvalue weighted by molar-refractivity contribution is -0.118. The Morgan fingerprint density at radius 1 is 1.50 bits per heavy atom. The predicted molar refractivity (Wildman–Crippen MR) is 86.4 cm³/mol. The topological polar surface area (TPSA) is 88.0 Å².